The summed E-state index contributed by atoms with van der Waals surface area (Å²) >= 11 is 0. The minimum atomic E-state index is -0.377. The lowest BCUT2D eigenvalue weighted by molar-refractivity contribution is -0.116. The molecule has 0 aromatic heterocycles. The molecular formula is C17H27N3O3. The van der Waals surface area contributed by atoms with Crippen LogP contribution in [0.5, 0.6) is 0 Å². The summed E-state index contributed by atoms with van der Waals surface area (Å²) in [6, 6.07) is 6.72. The highest BCUT2D eigenvalue weighted by Crippen LogP contribution is 2.15. The van der Waals surface area contributed by atoms with Gasteiger partial charge in [0.25, 0.3) is 0 Å². The zero-order valence-corrected chi connectivity index (χ0v) is 14.1. The highest BCUT2D eigenvalue weighted by atomic mass is 16.3. The molecule has 128 valence electrons. The lowest BCUT2D eigenvalue weighted by atomic mass is 10.1. The molecule has 23 heavy (non-hydrogen) atoms. The fourth-order valence-corrected chi connectivity index (χ4v) is 2.23. The van der Waals surface area contributed by atoms with E-state index in [0.717, 1.165) is 6.42 Å². The molecule has 0 aliphatic carbocycles. The molecule has 0 aliphatic heterocycles. The third-order valence-electron chi connectivity index (χ3n) is 3.24. The summed E-state index contributed by atoms with van der Waals surface area (Å²) < 4.78 is 0. The van der Waals surface area contributed by atoms with Gasteiger partial charge in [0, 0.05) is 24.3 Å². The average molecular weight is 321 g/mol. The molecule has 6 nitrogen and oxygen atoms in total. The van der Waals surface area contributed by atoms with Gasteiger partial charge in [-0.2, -0.15) is 0 Å². The molecule has 4 N–H and O–H groups in total. The number of carbonyl (C=O) groups excluding carboxylic acids is 2. The minimum absolute atomic E-state index is 0.0407. The van der Waals surface area contributed by atoms with Gasteiger partial charge in [0.05, 0.1) is 6.10 Å². The maximum atomic E-state index is 11.9. The fourth-order valence-electron chi connectivity index (χ4n) is 2.23. The van der Waals surface area contributed by atoms with E-state index in [2.05, 4.69) is 16.0 Å². The van der Waals surface area contributed by atoms with Crippen molar-refractivity contribution in [1.82, 2.24) is 5.32 Å². The quantitative estimate of drug-likeness (QED) is 0.593. The van der Waals surface area contributed by atoms with Gasteiger partial charge in [-0.25, -0.2) is 4.79 Å². The van der Waals surface area contributed by atoms with Gasteiger partial charge >= 0.3 is 6.03 Å². The number of carbonyl (C=O) groups is 2. The first-order chi connectivity index (χ1) is 10.9. The van der Waals surface area contributed by atoms with Crippen molar-refractivity contribution in [3.05, 3.63) is 24.3 Å². The third-order valence-corrected chi connectivity index (χ3v) is 3.24. The average Bonchev–Trinajstić information content (AvgIpc) is 2.45. The number of rotatable bonds is 8. The van der Waals surface area contributed by atoms with Gasteiger partial charge in [0.15, 0.2) is 0 Å². The number of aliphatic hydroxyl groups is 1. The van der Waals surface area contributed by atoms with Gasteiger partial charge in [0.1, 0.15) is 0 Å². The fraction of sp³-hybridized carbons (Fsp3) is 0.529. The minimum Gasteiger partial charge on any atom is -0.393 e. The highest BCUT2D eigenvalue weighted by molar-refractivity contribution is 5.93. The summed E-state index contributed by atoms with van der Waals surface area (Å²) in [6.45, 7) is 6.13. The second kappa shape index (κ2) is 9.84. The molecule has 0 saturated carbocycles. The van der Waals surface area contributed by atoms with Crippen LogP contribution in [0.4, 0.5) is 16.2 Å². The van der Waals surface area contributed by atoms with Gasteiger partial charge in [-0.05, 0) is 43.9 Å². The standard InChI is InChI=1S/C17H27N3O3/c1-4-6-16(22)19-14-7-5-8-15(10-14)20-17(23)18-11-12(2)9-13(3)21/h5,7-8,10,12-13,21H,4,6,9,11H2,1-3H3,(H,19,22)(H2,18,20,23). The number of hydrogen-bond donors (Lipinski definition) is 4. The molecule has 1 aromatic carbocycles. The second-order valence-electron chi connectivity index (χ2n) is 5.90. The van der Waals surface area contributed by atoms with E-state index < -0.39 is 0 Å². The van der Waals surface area contributed by atoms with Crippen molar-refractivity contribution in [3.8, 4) is 0 Å². The second-order valence-corrected chi connectivity index (χ2v) is 5.90. The summed E-state index contributed by atoms with van der Waals surface area (Å²) in [7, 11) is 0. The molecule has 0 spiro atoms. The highest BCUT2D eigenvalue weighted by Gasteiger charge is 2.09. The molecule has 0 heterocycles. The molecule has 1 aromatic rings. The van der Waals surface area contributed by atoms with Crippen molar-refractivity contribution in [3.63, 3.8) is 0 Å². The SMILES string of the molecule is CCCC(=O)Nc1cccc(NC(=O)NCC(C)CC(C)O)c1. The zero-order chi connectivity index (χ0) is 17.2. The monoisotopic (exact) mass is 321 g/mol. The zero-order valence-electron chi connectivity index (χ0n) is 14.1. The van der Waals surface area contributed by atoms with Crippen LogP contribution >= 0.6 is 0 Å². The van der Waals surface area contributed by atoms with Crippen LogP contribution in [-0.2, 0) is 4.79 Å². The molecule has 2 unspecified atom stereocenters. The van der Waals surface area contributed by atoms with E-state index in [1.54, 1.807) is 31.2 Å². The molecule has 6 heteroatoms. The van der Waals surface area contributed by atoms with E-state index in [-0.39, 0.29) is 24.0 Å². The number of hydrogen-bond acceptors (Lipinski definition) is 3. The van der Waals surface area contributed by atoms with Gasteiger partial charge < -0.3 is 21.1 Å². The van der Waals surface area contributed by atoms with Crippen LogP contribution in [0.3, 0.4) is 0 Å². The molecule has 0 radical (unpaired) electrons. The van der Waals surface area contributed by atoms with Crippen molar-refractivity contribution < 1.29 is 14.7 Å². The Morgan fingerprint density at radius 2 is 1.83 bits per heavy atom. The molecular weight excluding hydrogens is 294 g/mol. The van der Waals surface area contributed by atoms with Crippen LogP contribution in [0.25, 0.3) is 0 Å². The van der Waals surface area contributed by atoms with Crippen molar-refractivity contribution in [2.75, 3.05) is 17.2 Å². The van der Waals surface area contributed by atoms with Gasteiger partial charge in [-0.1, -0.05) is 19.9 Å². The summed E-state index contributed by atoms with van der Waals surface area (Å²) in [5, 5.41) is 17.6. The maximum absolute atomic E-state index is 11.9. The van der Waals surface area contributed by atoms with Gasteiger partial charge in [-0.3, -0.25) is 4.79 Å². The van der Waals surface area contributed by atoms with Crippen LogP contribution in [-0.4, -0.2) is 29.7 Å². The Labute approximate surface area is 137 Å². The third kappa shape index (κ3) is 8.21. The van der Waals surface area contributed by atoms with E-state index in [9.17, 15) is 14.7 Å². The summed E-state index contributed by atoms with van der Waals surface area (Å²) in [4.78, 5) is 23.4. The van der Waals surface area contributed by atoms with Crippen LogP contribution < -0.4 is 16.0 Å². The first-order valence-corrected chi connectivity index (χ1v) is 8.03. The van der Waals surface area contributed by atoms with Crippen LogP contribution in [0, 0.1) is 5.92 Å². The predicted octanol–water partition coefficient (Wildman–Crippen LogP) is 2.95. The molecule has 2 atom stereocenters. The van der Waals surface area contributed by atoms with Crippen molar-refractivity contribution in [2.24, 2.45) is 5.92 Å². The van der Waals surface area contributed by atoms with Gasteiger partial charge in [-0.15, -0.1) is 0 Å². The Balaban J connectivity index is 2.47. The Kier molecular flexibility index (Phi) is 8.11. The van der Waals surface area contributed by atoms with Crippen molar-refractivity contribution >= 4 is 23.3 Å². The number of anilines is 2. The Morgan fingerprint density at radius 1 is 1.17 bits per heavy atom. The topological polar surface area (TPSA) is 90.5 Å². The molecule has 0 fully saturated rings. The van der Waals surface area contributed by atoms with Crippen LogP contribution in [0.2, 0.25) is 0 Å². The normalized spacial score (nSPS) is 13.0. The smallest absolute Gasteiger partial charge is 0.319 e. The molecule has 0 aliphatic rings. The van der Waals surface area contributed by atoms with Crippen LogP contribution in [0.15, 0.2) is 24.3 Å². The van der Waals surface area contributed by atoms with E-state index in [0.29, 0.717) is 30.8 Å². The Bertz CT molecular complexity index is 518. The number of benzene rings is 1. The van der Waals surface area contributed by atoms with E-state index in [1.807, 2.05) is 13.8 Å². The largest absolute Gasteiger partial charge is 0.393 e. The molecule has 1 rings (SSSR count). The van der Waals surface area contributed by atoms with Crippen LogP contribution in [0.1, 0.15) is 40.0 Å². The van der Waals surface area contributed by atoms with E-state index >= 15 is 0 Å². The maximum Gasteiger partial charge on any atom is 0.319 e. The Hall–Kier alpha value is -2.08. The number of nitrogens with one attached hydrogen (secondary N) is 3. The molecule has 0 bridgehead atoms. The van der Waals surface area contributed by atoms with E-state index in [4.69, 9.17) is 0 Å². The predicted molar refractivity (Wildman–Crippen MR) is 92.5 cm³/mol. The summed E-state index contributed by atoms with van der Waals surface area (Å²) in [5.41, 5.74) is 1.27. The lowest BCUT2D eigenvalue weighted by Crippen LogP contribution is -2.33. The summed E-state index contributed by atoms with van der Waals surface area (Å²) in [6.07, 6.45) is 1.52. The van der Waals surface area contributed by atoms with Gasteiger partial charge in [0.2, 0.25) is 5.91 Å². The first kappa shape index (κ1) is 19.0. The lowest BCUT2D eigenvalue weighted by Gasteiger charge is -2.15. The number of amides is 3. The van der Waals surface area contributed by atoms with E-state index in [1.165, 1.54) is 0 Å². The first-order valence-electron chi connectivity index (χ1n) is 8.03. The summed E-state index contributed by atoms with van der Waals surface area (Å²) in [5.74, 6) is 0.154. The number of urea groups is 1. The van der Waals surface area contributed by atoms with Crippen molar-refractivity contribution in [1.29, 1.82) is 0 Å². The van der Waals surface area contributed by atoms with Crippen molar-refractivity contribution in [2.45, 2.75) is 46.1 Å². The Morgan fingerprint density at radius 3 is 2.43 bits per heavy atom. The molecule has 0 saturated heterocycles. The molecule has 3 amide bonds. The number of aliphatic hydroxyl groups excluding tert-OH is 1.